The van der Waals surface area contributed by atoms with Crippen LogP contribution in [0.3, 0.4) is 0 Å². The number of nitrogens with one attached hydrogen (secondary N) is 1. The lowest BCUT2D eigenvalue weighted by atomic mass is 10.1. The molecule has 2 aromatic rings. The predicted molar refractivity (Wildman–Crippen MR) is 71.7 cm³/mol. The summed E-state index contributed by atoms with van der Waals surface area (Å²) in [5.41, 5.74) is 3.52. The monoisotopic (exact) mass is 245 g/mol. The minimum absolute atomic E-state index is 0.539. The smallest absolute Gasteiger partial charge is 0.124 e. The maximum atomic E-state index is 5.86. The summed E-state index contributed by atoms with van der Waals surface area (Å²) < 4.78 is 11.3. The first-order valence-electron chi connectivity index (χ1n) is 6.11. The number of hydrogen-bond acceptors (Lipinski definition) is 3. The fourth-order valence-electron chi connectivity index (χ4n) is 1.85. The highest BCUT2D eigenvalue weighted by atomic mass is 16.5. The second kappa shape index (κ2) is 5.74. The van der Waals surface area contributed by atoms with Gasteiger partial charge in [-0.05, 0) is 44.2 Å². The molecule has 0 saturated carbocycles. The van der Waals surface area contributed by atoms with E-state index in [1.165, 1.54) is 11.1 Å². The summed E-state index contributed by atoms with van der Waals surface area (Å²) in [6.45, 7) is 5.43. The van der Waals surface area contributed by atoms with Crippen LogP contribution >= 0.6 is 0 Å². The quantitative estimate of drug-likeness (QED) is 0.878. The van der Waals surface area contributed by atoms with Crippen molar-refractivity contribution in [2.75, 3.05) is 7.05 Å². The molecule has 18 heavy (non-hydrogen) atoms. The zero-order valence-electron chi connectivity index (χ0n) is 11.1. The molecule has 0 fully saturated rings. The van der Waals surface area contributed by atoms with Crippen LogP contribution in [0.1, 0.15) is 22.5 Å². The van der Waals surface area contributed by atoms with Crippen molar-refractivity contribution in [1.82, 2.24) is 5.32 Å². The highest BCUT2D eigenvalue weighted by Gasteiger charge is 2.07. The lowest BCUT2D eigenvalue weighted by Crippen LogP contribution is -2.07. The van der Waals surface area contributed by atoms with Crippen LogP contribution in [0.4, 0.5) is 0 Å². The van der Waals surface area contributed by atoms with Crippen LogP contribution in [0.2, 0.25) is 0 Å². The van der Waals surface area contributed by atoms with E-state index in [1.807, 2.05) is 25.2 Å². The Bertz CT molecular complexity index is 517. The second-order valence-corrected chi connectivity index (χ2v) is 4.39. The fourth-order valence-corrected chi connectivity index (χ4v) is 1.85. The number of aryl methyl sites for hydroxylation is 1. The largest absolute Gasteiger partial charge is 0.488 e. The average Bonchev–Trinajstić information content (AvgIpc) is 2.79. The molecule has 1 aromatic carbocycles. The minimum Gasteiger partial charge on any atom is -0.488 e. The molecule has 1 heterocycles. The molecular weight excluding hydrogens is 226 g/mol. The van der Waals surface area contributed by atoms with Crippen LogP contribution in [-0.4, -0.2) is 7.05 Å². The normalized spacial score (nSPS) is 10.6. The summed E-state index contributed by atoms with van der Waals surface area (Å²) in [5.74, 6) is 1.87. The Morgan fingerprint density at radius 3 is 2.83 bits per heavy atom. The molecule has 3 heteroatoms. The fraction of sp³-hybridized carbons (Fsp3) is 0.333. The summed E-state index contributed by atoms with van der Waals surface area (Å²) in [5, 5.41) is 3.08. The van der Waals surface area contributed by atoms with Gasteiger partial charge in [-0.1, -0.05) is 12.1 Å². The molecule has 2 rings (SSSR count). The zero-order chi connectivity index (χ0) is 13.0. The number of rotatable bonds is 5. The van der Waals surface area contributed by atoms with E-state index < -0.39 is 0 Å². The Hall–Kier alpha value is -1.74. The van der Waals surface area contributed by atoms with Crippen molar-refractivity contribution in [3.8, 4) is 5.75 Å². The van der Waals surface area contributed by atoms with Gasteiger partial charge in [0.2, 0.25) is 0 Å². The number of furan rings is 1. The van der Waals surface area contributed by atoms with E-state index in [9.17, 15) is 0 Å². The van der Waals surface area contributed by atoms with E-state index in [1.54, 1.807) is 6.26 Å². The van der Waals surface area contributed by atoms with Crippen LogP contribution in [0, 0.1) is 13.8 Å². The lowest BCUT2D eigenvalue weighted by molar-refractivity contribution is 0.299. The van der Waals surface area contributed by atoms with Gasteiger partial charge in [0.05, 0.1) is 12.8 Å². The Morgan fingerprint density at radius 2 is 2.06 bits per heavy atom. The van der Waals surface area contributed by atoms with Crippen LogP contribution in [0.25, 0.3) is 0 Å². The van der Waals surface area contributed by atoms with Crippen molar-refractivity contribution in [2.24, 2.45) is 0 Å². The first-order chi connectivity index (χ1) is 8.72. The van der Waals surface area contributed by atoms with Gasteiger partial charge in [-0.2, -0.15) is 0 Å². The van der Waals surface area contributed by atoms with E-state index in [2.05, 4.69) is 25.2 Å². The number of ether oxygens (including phenoxy) is 1. The van der Waals surface area contributed by atoms with Crippen molar-refractivity contribution >= 4 is 0 Å². The molecule has 0 radical (unpaired) electrons. The molecule has 0 aliphatic rings. The summed E-state index contributed by atoms with van der Waals surface area (Å²) in [6.07, 6.45) is 1.70. The van der Waals surface area contributed by atoms with Gasteiger partial charge < -0.3 is 14.5 Å². The van der Waals surface area contributed by atoms with Crippen molar-refractivity contribution < 1.29 is 9.15 Å². The Morgan fingerprint density at radius 1 is 1.22 bits per heavy atom. The molecule has 0 atom stereocenters. The molecule has 0 aliphatic carbocycles. The molecule has 0 amide bonds. The third-order valence-electron chi connectivity index (χ3n) is 3.11. The summed E-state index contributed by atoms with van der Waals surface area (Å²) in [4.78, 5) is 0. The Kier molecular flexibility index (Phi) is 4.05. The molecule has 0 aliphatic heterocycles. The topological polar surface area (TPSA) is 34.4 Å². The van der Waals surface area contributed by atoms with Gasteiger partial charge in [0, 0.05) is 5.56 Å². The molecule has 96 valence electrons. The van der Waals surface area contributed by atoms with Gasteiger partial charge >= 0.3 is 0 Å². The molecular formula is C15H19NO2. The van der Waals surface area contributed by atoms with Gasteiger partial charge in [0.1, 0.15) is 18.1 Å². The van der Waals surface area contributed by atoms with Crippen molar-refractivity contribution in [3.05, 3.63) is 53.0 Å². The van der Waals surface area contributed by atoms with Crippen molar-refractivity contribution in [1.29, 1.82) is 0 Å². The SMILES string of the molecule is CNCc1occc1COc1cccc(C)c1C. The summed E-state index contributed by atoms with van der Waals surface area (Å²) in [7, 11) is 1.90. The summed E-state index contributed by atoms with van der Waals surface area (Å²) in [6, 6.07) is 8.06. The van der Waals surface area contributed by atoms with Crippen LogP contribution in [0.5, 0.6) is 5.75 Å². The molecule has 1 N–H and O–H groups in total. The van der Waals surface area contributed by atoms with Crippen LogP contribution in [0.15, 0.2) is 34.9 Å². The maximum absolute atomic E-state index is 5.86. The van der Waals surface area contributed by atoms with Gasteiger partial charge in [-0.3, -0.25) is 0 Å². The first kappa shape index (κ1) is 12.7. The number of benzene rings is 1. The lowest BCUT2D eigenvalue weighted by Gasteiger charge is -2.10. The van der Waals surface area contributed by atoms with E-state index in [-0.39, 0.29) is 0 Å². The Balaban J connectivity index is 2.07. The van der Waals surface area contributed by atoms with Crippen LogP contribution in [-0.2, 0) is 13.2 Å². The first-order valence-corrected chi connectivity index (χ1v) is 6.11. The molecule has 1 aromatic heterocycles. The summed E-state index contributed by atoms with van der Waals surface area (Å²) >= 11 is 0. The Labute approximate surface area is 108 Å². The predicted octanol–water partition coefficient (Wildman–Crippen LogP) is 3.19. The van der Waals surface area contributed by atoms with E-state index in [4.69, 9.17) is 9.15 Å². The average molecular weight is 245 g/mol. The van der Waals surface area contributed by atoms with Gasteiger partial charge in [0.25, 0.3) is 0 Å². The van der Waals surface area contributed by atoms with E-state index in [0.29, 0.717) is 6.61 Å². The second-order valence-electron chi connectivity index (χ2n) is 4.39. The molecule has 0 bridgehead atoms. The van der Waals surface area contributed by atoms with E-state index >= 15 is 0 Å². The highest BCUT2D eigenvalue weighted by molar-refractivity contribution is 5.38. The molecule has 0 saturated heterocycles. The van der Waals surface area contributed by atoms with Gasteiger partial charge in [0.15, 0.2) is 0 Å². The third-order valence-corrected chi connectivity index (χ3v) is 3.11. The molecule has 0 unspecified atom stereocenters. The molecule has 0 spiro atoms. The van der Waals surface area contributed by atoms with Gasteiger partial charge in [-0.15, -0.1) is 0 Å². The number of hydrogen-bond donors (Lipinski definition) is 1. The highest BCUT2D eigenvalue weighted by Crippen LogP contribution is 2.22. The van der Waals surface area contributed by atoms with Gasteiger partial charge in [-0.25, -0.2) is 0 Å². The molecule has 3 nitrogen and oxygen atoms in total. The van der Waals surface area contributed by atoms with Crippen LogP contribution < -0.4 is 10.1 Å². The van der Waals surface area contributed by atoms with Crippen molar-refractivity contribution in [3.63, 3.8) is 0 Å². The van der Waals surface area contributed by atoms with E-state index in [0.717, 1.165) is 23.6 Å². The standard InChI is InChI=1S/C15H19NO2/c1-11-5-4-6-14(12(11)2)18-10-13-7-8-17-15(13)9-16-3/h4-8,16H,9-10H2,1-3H3. The van der Waals surface area contributed by atoms with Crippen molar-refractivity contribution in [2.45, 2.75) is 27.0 Å². The minimum atomic E-state index is 0.539. The maximum Gasteiger partial charge on any atom is 0.124 e. The third kappa shape index (κ3) is 2.74. The zero-order valence-corrected chi connectivity index (χ0v) is 11.1.